The van der Waals surface area contributed by atoms with E-state index in [1.54, 1.807) is 11.0 Å². The zero-order chi connectivity index (χ0) is 14.5. The Hall–Kier alpha value is -2.08. The summed E-state index contributed by atoms with van der Waals surface area (Å²) < 4.78 is 1.43. The average Bonchev–Trinajstić information content (AvgIpc) is 2.81. The molecule has 1 heterocycles. The SMILES string of the molecule is CCN(Cc1cccc(Cl)c1)C(=O)Cn1cnc(N)n1. The van der Waals surface area contributed by atoms with Crippen LogP contribution in [0.5, 0.6) is 0 Å². The number of hydrogen-bond donors (Lipinski definition) is 1. The summed E-state index contributed by atoms with van der Waals surface area (Å²) in [7, 11) is 0. The van der Waals surface area contributed by atoms with E-state index >= 15 is 0 Å². The van der Waals surface area contributed by atoms with Crippen LogP contribution in [0.2, 0.25) is 5.02 Å². The molecule has 1 amide bonds. The maximum Gasteiger partial charge on any atom is 0.244 e. The summed E-state index contributed by atoms with van der Waals surface area (Å²) >= 11 is 5.94. The number of aromatic nitrogens is 3. The van der Waals surface area contributed by atoms with Crippen molar-refractivity contribution in [3.63, 3.8) is 0 Å². The van der Waals surface area contributed by atoms with Gasteiger partial charge in [0.15, 0.2) is 0 Å². The lowest BCUT2D eigenvalue weighted by Gasteiger charge is -2.21. The lowest BCUT2D eigenvalue weighted by atomic mass is 10.2. The lowest BCUT2D eigenvalue weighted by molar-refractivity contribution is -0.132. The highest BCUT2D eigenvalue weighted by molar-refractivity contribution is 6.30. The maximum absolute atomic E-state index is 12.2. The van der Waals surface area contributed by atoms with Crippen LogP contribution in [0, 0.1) is 0 Å². The van der Waals surface area contributed by atoms with Crippen molar-refractivity contribution in [1.82, 2.24) is 19.7 Å². The van der Waals surface area contributed by atoms with Crippen LogP contribution in [-0.4, -0.2) is 32.1 Å². The fourth-order valence-corrected chi connectivity index (χ4v) is 2.07. The van der Waals surface area contributed by atoms with E-state index in [1.165, 1.54) is 11.0 Å². The fourth-order valence-electron chi connectivity index (χ4n) is 1.86. The molecule has 20 heavy (non-hydrogen) atoms. The minimum Gasteiger partial charge on any atom is -0.367 e. The third-order valence-corrected chi connectivity index (χ3v) is 3.08. The van der Waals surface area contributed by atoms with E-state index in [-0.39, 0.29) is 18.4 Å². The van der Waals surface area contributed by atoms with Gasteiger partial charge in [0.05, 0.1) is 0 Å². The summed E-state index contributed by atoms with van der Waals surface area (Å²) in [6.45, 7) is 3.17. The van der Waals surface area contributed by atoms with Crippen molar-refractivity contribution in [3.8, 4) is 0 Å². The molecule has 0 atom stereocenters. The zero-order valence-electron chi connectivity index (χ0n) is 11.2. The Morgan fingerprint density at radius 2 is 2.30 bits per heavy atom. The van der Waals surface area contributed by atoms with E-state index in [0.717, 1.165) is 5.56 Å². The predicted molar refractivity (Wildman–Crippen MR) is 77.0 cm³/mol. The van der Waals surface area contributed by atoms with E-state index in [4.69, 9.17) is 17.3 Å². The molecule has 1 aromatic heterocycles. The van der Waals surface area contributed by atoms with Crippen molar-refractivity contribution >= 4 is 23.5 Å². The molecule has 6 nitrogen and oxygen atoms in total. The van der Waals surface area contributed by atoms with Gasteiger partial charge in [-0.25, -0.2) is 9.67 Å². The Labute approximate surface area is 122 Å². The Balaban J connectivity index is 2.02. The zero-order valence-corrected chi connectivity index (χ0v) is 11.9. The molecule has 2 rings (SSSR count). The first-order chi connectivity index (χ1) is 9.58. The number of likely N-dealkylation sites (N-methyl/N-ethyl adjacent to an activating group) is 1. The van der Waals surface area contributed by atoms with Gasteiger partial charge >= 0.3 is 0 Å². The number of hydrogen-bond acceptors (Lipinski definition) is 4. The van der Waals surface area contributed by atoms with Gasteiger partial charge in [-0.2, -0.15) is 0 Å². The van der Waals surface area contributed by atoms with Gasteiger partial charge in [0.1, 0.15) is 12.9 Å². The molecule has 2 aromatic rings. The van der Waals surface area contributed by atoms with Crippen LogP contribution in [0.1, 0.15) is 12.5 Å². The van der Waals surface area contributed by atoms with E-state index < -0.39 is 0 Å². The Bertz CT molecular complexity index is 598. The van der Waals surface area contributed by atoms with Crippen molar-refractivity contribution in [2.45, 2.75) is 20.0 Å². The third-order valence-electron chi connectivity index (χ3n) is 2.85. The molecule has 2 N–H and O–H groups in total. The van der Waals surface area contributed by atoms with Crippen LogP contribution in [0.15, 0.2) is 30.6 Å². The van der Waals surface area contributed by atoms with Crippen molar-refractivity contribution < 1.29 is 4.79 Å². The highest BCUT2D eigenvalue weighted by Gasteiger charge is 2.13. The van der Waals surface area contributed by atoms with Crippen LogP contribution in [0.4, 0.5) is 5.95 Å². The van der Waals surface area contributed by atoms with Gasteiger partial charge in [-0.15, -0.1) is 5.10 Å². The number of benzene rings is 1. The van der Waals surface area contributed by atoms with Gasteiger partial charge < -0.3 is 10.6 Å². The second-order valence-corrected chi connectivity index (χ2v) is 4.77. The number of rotatable bonds is 5. The lowest BCUT2D eigenvalue weighted by Crippen LogP contribution is -2.33. The number of carbonyl (C=O) groups excluding carboxylic acids is 1. The summed E-state index contributed by atoms with van der Waals surface area (Å²) in [5.74, 6) is 0.119. The Kier molecular flexibility index (Phi) is 4.57. The minimum atomic E-state index is -0.0441. The molecule has 0 aliphatic carbocycles. The highest BCUT2D eigenvalue weighted by atomic mass is 35.5. The molecule has 0 saturated carbocycles. The number of amides is 1. The molecule has 0 radical (unpaired) electrons. The smallest absolute Gasteiger partial charge is 0.244 e. The van der Waals surface area contributed by atoms with Gasteiger partial charge in [-0.3, -0.25) is 4.79 Å². The van der Waals surface area contributed by atoms with Gasteiger partial charge in [0, 0.05) is 18.1 Å². The molecule has 106 valence electrons. The summed E-state index contributed by atoms with van der Waals surface area (Å²) in [6, 6.07) is 7.47. The first-order valence-corrected chi connectivity index (χ1v) is 6.63. The topological polar surface area (TPSA) is 77.0 Å². The molecular formula is C13H16ClN5O. The van der Waals surface area contributed by atoms with E-state index in [0.29, 0.717) is 18.1 Å². The Morgan fingerprint density at radius 3 is 2.90 bits per heavy atom. The molecule has 1 aromatic carbocycles. The third kappa shape index (κ3) is 3.71. The molecule has 0 bridgehead atoms. The number of nitrogens with two attached hydrogens (primary N) is 1. The molecule has 0 fully saturated rings. The monoisotopic (exact) mass is 293 g/mol. The highest BCUT2D eigenvalue weighted by Crippen LogP contribution is 2.13. The van der Waals surface area contributed by atoms with Crippen molar-refractivity contribution in [2.75, 3.05) is 12.3 Å². The predicted octanol–water partition coefficient (Wildman–Crippen LogP) is 1.56. The van der Waals surface area contributed by atoms with E-state index in [2.05, 4.69) is 10.1 Å². The minimum absolute atomic E-state index is 0.0441. The van der Waals surface area contributed by atoms with Gasteiger partial charge in [0.25, 0.3) is 0 Å². The van der Waals surface area contributed by atoms with Crippen molar-refractivity contribution in [2.24, 2.45) is 0 Å². The van der Waals surface area contributed by atoms with Gasteiger partial charge in [0.2, 0.25) is 11.9 Å². The van der Waals surface area contributed by atoms with Gasteiger partial charge in [-0.1, -0.05) is 23.7 Å². The van der Waals surface area contributed by atoms with Gasteiger partial charge in [-0.05, 0) is 24.6 Å². The molecule has 0 saturated heterocycles. The number of halogens is 1. The second-order valence-electron chi connectivity index (χ2n) is 4.34. The van der Waals surface area contributed by atoms with Crippen LogP contribution in [0.25, 0.3) is 0 Å². The second kappa shape index (κ2) is 6.38. The Morgan fingerprint density at radius 1 is 1.50 bits per heavy atom. The molecule has 0 aliphatic rings. The summed E-state index contributed by atoms with van der Waals surface area (Å²) in [4.78, 5) is 17.7. The maximum atomic E-state index is 12.2. The normalized spacial score (nSPS) is 10.5. The average molecular weight is 294 g/mol. The van der Waals surface area contributed by atoms with E-state index in [1.807, 2.05) is 25.1 Å². The molecule has 0 spiro atoms. The standard InChI is InChI=1S/C13H16ClN5O/c1-2-18(7-10-4-3-5-11(14)6-10)12(20)8-19-9-16-13(15)17-19/h3-6,9H,2,7-8H2,1H3,(H2,15,17). The van der Waals surface area contributed by atoms with Crippen LogP contribution in [-0.2, 0) is 17.9 Å². The molecular weight excluding hydrogens is 278 g/mol. The number of anilines is 1. The largest absolute Gasteiger partial charge is 0.367 e. The van der Waals surface area contributed by atoms with E-state index in [9.17, 15) is 4.79 Å². The number of carbonyl (C=O) groups is 1. The molecule has 0 aliphatic heterocycles. The summed E-state index contributed by atoms with van der Waals surface area (Å²) in [5, 5.41) is 4.57. The number of nitrogens with zero attached hydrogens (tertiary/aromatic N) is 4. The van der Waals surface area contributed by atoms with Crippen LogP contribution >= 0.6 is 11.6 Å². The van der Waals surface area contributed by atoms with Crippen LogP contribution < -0.4 is 5.73 Å². The number of nitrogen functional groups attached to an aromatic ring is 1. The fraction of sp³-hybridized carbons (Fsp3) is 0.308. The van der Waals surface area contributed by atoms with Crippen LogP contribution in [0.3, 0.4) is 0 Å². The van der Waals surface area contributed by atoms with Crippen molar-refractivity contribution in [3.05, 3.63) is 41.2 Å². The first kappa shape index (κ1) is 14.3. The van der Waals surface area contributed by atoms with Crippen molar-refractivity contribution in [1.29, 1.82) is 0 Å². The summed E-state index contributed by atoms with van der Waals surface area (Å²) in [6.07, 6.45) is 1.44. The summed E-state index contributed by atoms with van der Waals surface area (Å²) in [5.41, 5.74) is 6.41. The molecule has 0 unspecified atom stereocenters. The molecule has 7 heteroatoms. The quantitative estimate of drug-likeness (QED) is 0.907. The first-order valence-electron chi connectivity index (χ1n) is 6.25.